The standard InChI is InChI=1S/C21H27NO2/c1-17-7-6-12-22(14-17)15-19-10-11-20(21(13-19)23-2)24-16-18-8-4-3-5-9-18/h3-5,8-11,13,17H,6-7,12,14-16H2,1-2H3/p+1/t17-/m1/s1. The van der Waals surface area contributed by atoms with Crippen molar-refractivity contribution in [2.24, 2.45) is 5.92 Å². The van der Waals surface area contributed by atoms with E-state index >= 15 is 0 Å². The third-order valence-electron chi connectivity index (χ3n) is 4.78. The molecule has 0 amide bonds. The van der Waals surface area contributed by atoms with Crippen LogP contribution in [0.3, 0.4) is 0 Å². The van der Waals surface area contributed by atoms with Crippen LogP contribution in [0, 0.1) is 5.92 Å². The van der Waals surface area contributed by atoms with E-state index in [1.165, 1.54) is 31.5 Å². The van der Waals surface area contributed by atoms with Crippen molar-refractivity contribution in [3.63, 3.8) is 0 Å². The average molecular weight is 326 g/mol. The smallest absolute Gasteiger partial charge is 0.161 e. The third-order valence-corrected chi connectivity index (χ3v) is 4.78. The lowest BCUT2D eigenvalue weighted by Crippen LogP contribution is -3.12. The van der Waals surface area contributed by atoms with Crippen LogP contribution in [0.15, 0.2) is 48.5 Å². The fourth-order valence-corrected chi connectivity index (χ4v) is 3.52. The van der Waals surface area contributed by atoms with Crippen molar-refractivity contribution < 1.29 is 14.4 Å². The molecule has 1 unspecified atom stereocenters. The van der Waals surface area contributed by atoms with Crippen molar-refractivity contribution in [2.75, 3.05) is 20.2 Å². The molecule has 128 valence electrons. The Balaban J connectivity index is 1.64. The van der Waals surface area contributed by atoms with Gasteiger partial charge < -0.3 is 14.4 Å². The monoisotopic (exact) mass is 326 g/mol. The van der Waals surface area contributed by atoms with Crippen LogP contribution in [-0.4, -0.2) is 20.2 Å². The number of ether oxygens (including phenoxy) is 2. The predicted molar refractivity (Wildman–Crippen MR) is 96.6 cm³/mol. The Morgan fingerprint density at radius 3 is 2.62 bits per heavy atom. The SMILES string of the molecule is COc1cc(C[NH+]2CCC[C@@H](C)C2)ccc1OCc1ccccc1. The zero-order valence-corrected chi connectivity index (χ0v) is 14.8. The molecule has 0 aliphatic carbocycles. The first kappa shape index (κ1) is 16.8. The highest BCUT2D eigenvalue weighted by Crippen LogP contribution is 2.28. The molecular formula is C21H28NO2+. The van der Waals surface area contributed by atoms with Gasteiger partial charge in [0.1, 0.15) is 13.2 Å². The van der Waals surface area contributed by atoms with Gasteiger partial charge in [-0.25, -0.2) is 0 Å². The summed E-state index contributed by atoms with van der Waals surface area (Å²) in [5, 5.41) is 0. The van der Waals surface area contributed by atoms with Crippen LogP contribution >= 0.6 is 0 Å². The summed E-state index contributed by atoms with van der Waals surface area (Å²) in [4.78, 5) is 1.67. The molecule has 2 aromatic carbocycles. The van der Waals surface area contributed by atoms with Gasteiger partial charge in [0, 0.05) is 11.5 Å². The van der Waals surface area contributed by atoms with Crippen LogP contribution in [0.2, 0.25) is 0 Å². The zero-order chi connectivity index (χ0) is 16.8. The topological polar surface area (TPSA) is 22.9 Å². The molecule has 0 radical (unpaired) electrons. The minimum absolute atomic E-state index is 0.561. The van der Waals surface area contributed by atoms with Crippen LogP contribution in [0.1, 0.15) is 30.9 Å². The Kier molecular flexibility index (Phi) is 5.76. The van der Waals surface area contributed by atoms with E-state index in [-0.39, 0.29) is 0 Å². The molecule has 3 heteroatoms. The summed E-state index contributed by atoms with van der Waals surface area (Å²) in [6.07, 6.45) is 2.71. The lowest BCUT2D eigenvalue weighted by atomic mass is 10.00. The lowest BCUT2D eigenvalue weighted by molar-refractivity contribution is -0.922. The molecule has 1 aliphatic heterocycles. The van der Waals surface area contributed by atoms with Gasteiger partial charge in [0.25, 0.3) is 0 Å². The summed E-state index contributed by atoms with van der Waals surface area (Å²) in [5.74, 6) is 2.48. The van der Waals surface area contributed by atoms with Crippen molar-refractivity contribution in [3.8, 4) is 11.5 Å². The summed E-state index contributed by atoms with van der Waals surface area (Å²) in [6.45, 7) is 6.54. The fourth-order valence-electron chi connectivity index (χ4n) is 3.52. The highest BCUT2D eigenvalue weighted by molar-refractivity contribution is 5.42. The largest absolute Gasteiger partial charge is 0.493 e. The van der Waals surface area contributed by atoms with Crippen LogP contribution in [-0.2, 0) is 13.2 Å². The van der Waals surface area contributed by atoms with E-state index in [9.17, 15) is 0 Å². The normalized spacial score (nSPS) is 20.6. The van der Waals surface area contributed by atoms with E-state index in [0.717, 1.165) is 29.5 Å². The Morgan fingerprint density at radius 2 is 1.88 bits per heavy atom. The molecule has 1 fully saturated rings. The van der Waals surface area contributed by atoms with Crippen molar-refractivity contribution in [2.45, 2.75) is 32.9 Å². The molecule has 1 aliphatic rings. The number of hydrogen-bond donors (Lipinski definition) is 1. The van der Waals surface area contributed by atoms with Gasteiger partial charge in [-0.1, -0.05) is 37.3 Å². The number of nitrogens with one attached hydrogen (secondary N) is 1. The molecule has 3 rings (SSSR count). The molecule has 1 heterocycles. The second-order valence-electron chi connectivity index (χ2n) is 6.89. The number of benzene rings is 2. The summed E-state index contributed by atoms with van der Waals surface area (Å²) < 4.78 is 11.5. The molecule has 0 aromatic heterocycles. The molecule has 1 N–H and O–H groups in total. The van der Waals surface area contributed by atoms with E-state index in [0.29, 0.717) is 6.61 Å². The van der Waals surface area contributed by atoms with Crippen LogP contribution in [0.4, 0.5) is 0 Å². The van der Waals surface area contributed by atoms with Gasteiger partial charge in [0.15, 0.2) is 11.5 Å². The Labute approximate surface area is 145 Å². The van der Waals surface area contributed by atoms with E-state index in [1.807, 2.05) is 24.3 Å². The van der Waals surface area contributed by atoms with Crippen LogP contribution in [0.25, 0.3) is 0 Å². The average Bonchev–Trinajstić information content (AvgIpc) is 2.61. The number of hydrogen-bond acceptors (Lipinski definition) is 2. The first-order valence-corrected chi connectivity index (χ1v) is 8.92. The van der Waals surface area contributed by atoms with Crippen molar-refractivity contribution in [3.05, 3.63) is 59.7 Å². The molecule has 2 aromatic rings. The van der Waals surface area contributed by atoms with Gasteiger partial charge in [0.05, 0.1) is 20.2 Å². The second-order valence-corrected chi connectivity index (χ2v) is 6.89. The van der Waals surface area contributed by atoms with Gasteiger partial charge in [-0.05, 0) is 36.6 Å². The predicted octanol–water partition coefficient (Wildman–Crippen LogP) is 3.09. The van der Waals surface area contributed by atoms with E-state index in [4.69, 9.17) is 9.47 Å². The number of quaternary nitrogens is 1. The fraction of sp³-hybridized carbons (Fsp3) is 0.429. The van der Waals surface area contributed by atoms with Gasteiger partial charge in [0.2, 0.25) is 0 Å². The highest BCUT2D eigenvalue weighted by Gasteiger charge is 2.20. The summed E-state index contributed by atoms with van der Waals surface area (Å²) in [6, 6.07) is 16.6. The first-order valence-electron chi connectivity index (χ1n) is 8.92. The summed E-state index contributed by atoms with van der Waals surface area (Å²) in [7, 11) is 1.71. The molecule has 0 spiro atoms. The Hall–Kier alpha value is -2.00. The van der Waals surface area contributed by atoms with Crippen molar-refractivity contribution >= 4 is 0 Å². The van der Waals surface area contributed by atoms with Gasteiger partial charge >= 0.3 is 0 Å². The lowest BCUT2D eigenvalue weighted by Gasteiger charge is -2.28. The minimum Gasteiger partial charge on any atom is -0.493 e. The maximum atomic E-state index is 5.94. The third kappa shape index (κ3) is 4.51. The highest BCUT2D eigenvalue weighted by atomic mass is 16.5. The molecule has 1 saturated heterocycles. The van der Waals surface area contributed by atoms with Crippen molar-refractivity contribution in [1.29, 1.82) is 0 Å². The van der Waals surface area contributed by atoms with E-state index < -0.39 is 0 Å². The number of methoxy groups -OCH3 is 1. The summed E-state index contributed by atoms with van der Waals surface area (Å²) >= 11 is 0. The van der Waals surface area contributed by atoms with Gasteiger partial charge in [-0.2, -0.15) is 0 Å². The number of likely N-dealkylation sites (tertiary alicyclic amines) is 1. The Morgan fingerprint density at radius 1 is 1.04 bits per heavy atom. The number of rotatable bonds is 6. The first-order chi connectivity index (χ1) is 11.7. The summed E-state index contributed by atoms with van der Waals surface area (Å²) in [5.41, 5.74) is 2.48. The minimum atomic E-state index is 0.561. The quantitative estimate of drug-likeness (QED) is 0.881. The van der Waals surface area contributed by atoms with Crippen LogP contribution in [0.5, 0.6) is 11.5 Å². The molecule has 24 heavy (non-hydrogen) atoms. The van der Waals surface area contributed by atoms with Crippen LogP contribution < -0.4 is 14.4 Å². The molecule has 3 nitrogen and oxygen atoms in total. The maximum absolute atomic E-state index is 5.94. The number of piperidine rings is 1. The second kappa shape index (κ2) is 8.20. The van der Waals surface area contributed by atoms with Crippen molar-refractivity contribution in [1.82, 2.24) is 0 Å². The molecule has 2 atom stereocenters. The maximum Gasteiger partial charge on any atom is 0.161 e. The molecule has 0 bridgehead atoms. The Bertz CT molecular complexity index is 642. The van der Waals surface area contributed by atoms with E-state index in [2.05, 4.69) is 31.2 Å². The zero-order valence-electron chi connectivity index (χ0n) is 14.8. The molecular weight excluding hydrogens is 298 g/mol. The molecule has 0 saturated carbocycles. The van der Waals surface area contributed by atoms with E-state index in [1.54, 1.807) is 12.0 Å². The van der Waals surface area contributed by atoms with Gasteiger partial charge in [-0.15, -0.1) is 0 Å². The van der Waals surface area contributed by atoms with Gasteiger partial charge in [-0.3, -0.25) is 0 Å².